The Morgan fingerprint density at radius 2 is 1.61 bits per heavy atom. The summed E-state index contributed by atoms with van der Waals surface area (Å²) in [4.78, 5) is 30.9. The molecule has 5 heteroatoms. The molecule has 3 rings (SSSR count). The number of aromatic nitrogens is 1. The monoisotopic (exact) mass is 373 g/mol. The molecule has 0 saturated carbocycles. The lowest BCUT2D eigenvalue weighted by Gasteiger charge is -2.17. The Kier molecular flexibility index (Phi) is 6.17. The number of hydrogen-bond acceptors (Lipinski definition) is 3. The molecule has 1 N–H and O–H groups in total. The van der Waals surface area contributed by atoms with Gasteiger partial charge in [-0.3, -0.25) is 14.6 Å². The fraction of sp³-hybridized carbons (Fsp3) is 0.174. The second-order valence-corrected chi connectivity index (χ2v) is 6.61. The van der Waals surface area contributed by atoms with Crippen molar-refractivity contribution in [1.29, 1.82) is 0 Å². The number of anilines is 1. The average Bonchev–Trinajstić information content (AvgIpc) is 2.74. The second-order valence-electron chi connectivity index (χ2n) is 6.61. The number of nitrogens with one attached hydrogen (secondary N) is 1. The van der Waals surface area contributed by atoms with Crippen molar-refractivity contribution in [2.75, 3.05) is 12.4 Å². The molecule has 0 aliphatic carbocycles. The Bertz CT molecular complexity index is 953. The van der Waals surface area contributed by atoms with Gasteiger partial charge in [0.05, 0.1) is 11.1 Å². The molecule has 142 valence electrons. The number of benzene rings is 2. The molecule has 0 unspecified atom stereocenters. The van der Waals surface area contributed by atoms with Crippen molar-refractivity contribution >= 4 is 17.5 Å². The lowest BCUT2D eigenvalue weighted by Crippen LogP contribution is -2.26. The summed E-state index contributed by atoms with van der Waals surface area (Å²) in [6.45, 7) is 2.57. The van der Waals surface area contributed by atoms with Gasteiger partial charge in [-0.05, 0) is 35.7 Å². The van der Waals surface area contributed by atoms with Crippen LogP contribution in [-0.2, 0) is 13.0 Å². The summed E-state index contributed by atoms with van der Waals surface area (Å²) in [5, 5.41) is 2.84. The van der Waals surface area contributed by atoms with Crippen LogP contribution in [0.5, 0.6) is 0 Å². The van der Waals surface area contributed by atoms with Crippen LogP contribution in [0, 0.1) is 0 Å². The van der Waals surface area contributed by atoms with Gasteiger partial charge in [0, 0.05) is 31.7 Å². The first-order chi connectivity index (χ1) is 13.6. The van der Waals surface area contributed by atoms with Gasteiger partial charge in [0.15, 0.2) is 0 Å². The normalized spacial score (nSPS) is 10.4. The average molecular weight is 373 g/mol. The minimum Gasteiger partial charge on any atom is -0.337 e. The first-order valence-electron chi connectivity index (χ1n) is 9.21. The van der Waals surface area contributed by atoms with Gasteiger partial charge < -0.3 is 10.2 Å². The zero-order valence-corrected chi connectivity index (χ0v) is 16.1. The Morgan fingerprint density at radius 1 is 0.929 bits per heavy atom. The minimum atomic E-state index is -0.294. The SMILES string of the molecule is CCc1ccc(NC(=O)c2cncc(C(=O)N(C)Cc3ccccc3)c2)cc1. The highest BCUT2D eigenvalue weighted by atomic mass is 16.2. The van der Waals surface area contributed by atoms with Crippen molar-refractivity contribution < 1.29 is 9.59 Å². The van der Waals surface area contributed by atoms with Gasteiger partial charge in [-0.25, -0.2) is 0 Å². The van der Waals surface area contributed by atoms with Crippen LogP contribution in [0.15, 0.2) is 73.1 Å². The second kappa shape index (κ2) is 8.95. The van der Waals surface area contributed by atoms with Crippen molar-refractivity contribution in [2.45, 2.75) is 19.9 Å². The largest absolute Gasteiger partial charge is 0.337 e. The van der Waals surface area contributed by atoms with Crippen molar-refractivity contribution in [3.8, 4) is 0 Å². The van der Waals surface area contributed by atoms with E-state index in [0.29, 0.717) is 23.4 Å². The summed E-state index contributed by atoms with van der Waals surface area (Å²) >= 11 is 0. The summed E-state index contributed by atoms with van der Waals surface area (Å²) in [6, 6.07) is 19.0. The topological polar surface area (TPSA) is 62.3 Å². The highest BCUT2D eigenvalue weighted by Gasteiger charge is 2.15. The van der Waals surface area contributed by atoms with Crippen LogP contribution in [-0.4, -0.2) is 28.7 Å². The molecular formula is C23H23N3O2. The molecule has 2 amide bonds. The van der Waals surface area contributed by atoms with Gasteiger partial charge in [0.1, 0.15) is 0 Å². The lowest BCUT2D eigenvalue weighted by atomic mass is 10.1. The number of hydrogen-bond donors (Lipinski definition) is 1. The summed E-state index contributed by atoms with van der Waals surface area (Å²) in [5.74, 6) is -0.476. The Hall–Kier alpha value is -3.47. The van der Waals surface area contributed by atoms with E-state index in [2.05, 4.69) is 17.2 Å². The van der Waals surface area contributed by atoms with E-state index in [-0.39, 0.29) is 11.8 Å². The quantitative estimate of drug-likeness (QED) is 0.705. The predicted octanol–water partition coefficient (Wildman–Crippen LogP) is 4.17. The van der Waals surface area contributed by atoms with Crippen molar-refractivity contribution in [1.82, 2.24) is 9.88 Å². The van der Waals surface area contributed by atoms with Crippen molar-refractivity contribution in [3.63, 3.8) is 0 Å². The molecule has 0 spiro atoms. The predicted molar refractivity (Wildman–Crippen MR) is 110 cm³/mol. The number of nitrogens with zero attached hydrogens (tertiary/aromatic N) is 2. The van der Waals surface area contributed by atoms with Crippen LogP contribution in [0.25, 0.3) is 0 Å². The molecule has 3 aromatic rings. The van der Waals surface area contributed by atoms with E-state index < -0.39 is 0 Å². The van der Waals surface area contributed by atoms with Gasteiger partial charge in [0.2, 0.25) is 0 Å². The van der Waals surface area contributed by atoms with E-state index in [1.165, 1.54) is 18.0 Å². The third-order valence-corrected chi connectivity index (χ3v) is 4.48. The number of aryl methyl sites for hydroxylation is 1. The van der Waals surface area contributed by atoms with Gasteiger partial charge in [0.25, 0.3) is 11.8 Å². The molecule has 5 nitrogen and oxygen atoms in total. The van der Waals surface area contributed by atoms with Gasteiger partial charge in [-0.15, -0.1) is 0 Å². The third kappa shape index (κ3) is 4.82. The summed E-state index contributed by atoms with van der Waals surface area (Å²) in [5.41, 5.74) is 3.68. The standard InChI is InChI=1S/C23H23N3O2/c1-3-17-9-11-21(12-10-17)25-22(27)19-13-20(15-24-14-19)23(28)26(2)16-18-7-5-4-6-8-18/h4-15H,3,16H2,1-2H3,(H,25,27). The van der Waals surface area contributed by atoms with Crippen molar-refractivity contribution in [2.24, 2.45) is 0 Å². The number of rotatable bonds is 6. The van der Waals surface area contributed by atoms with Crippen LogP contribution in [0.1, 0.15) is 38.8 Å². The van der Waals surface area contributed by atoms with E-state index in [0.717, 1.165) is 12.0 Å². The smallest absolute Gasteiger partial charge is 0.257 e. The van der Waals surface area contributed by atoms with Gasteiger partial charge in [-0.2, -0.15) is 0 Å². The highest BCUT2D eigenvalue weighted by Crippen LogP contribution is 2.13. The molecule has 0 bridgehead atoms. The molecule has 1 aromatic heterocycles. The molecule has 2 aromatic carbocycles. The highest BCUT2D eigenvalue weighted by molar-refractivity contribution is 6.05. The van der Waals surface area contributed by atoms with E-state index in [9.17, 15) is 9.59 Å². The fourth-order valence-corrected chi connectivity index (χ4v) is 2.86. The van der Waals surface area contributed by atoms with Crippen LogP contribution < -0.4 is 5.32 Å². The van der Waals surface area contributed by atoms with Gasteiger partial charge in [-0.1, -0.05) is 49.4 Å². The summed E-state index contributed by atoms with van der Waals surface area (Å²) in [6.07, 6.45) is 3.89. The third-order valence-electron chi connectivity index (χ3n) is 4.48. The molecular weight excluding hydrogens is 350 g/mol. The minimum absolute atomic E-state index is 0.182. The zero-order chi connectivity index (χ0) is 19.9. The maximum Gasteiger partial charge on any atom is 0.257 e. The van der Waals surface area contributed by atoms with Crippen LogP contribution in [0.2, 0.25) is 0 Å². The van der Waals surface area contributed by atoms with E-state index in [1.54, 1.807) is 18.0 Å². The first-order valence-corrected chi connectivity index (χ1v) is 9.21. The number of carbonyl (C=O) groups excluding carboxylic acids is 2. The molecule has 1 heterocycles. The zero-order valence-electron chi connectivity index (χ0n) is 16.1. The Labute approximate surface area is 165 Å². The van der Waals surface area contributed by atoms with Crippen molar-refractivity contribution in [3.05, 3.63) is 95.3 Å². The van der Waals surface area contributed by atoms with E-state index in [1.807, 2.05) is 54.6 Å². The molecule has 0 aliphatic rings. The maximum absolute atomic E-state index is 12.7. The number of carbonyl (C=O) groups is 2. The van der Waals surface area contributed by atoms with E-state index in [4.69, 9.17) is 0 Å². The van der Waals surface area contributed by atoms with Crippen LogP contribution >= 0.6 is 0 Å². The summed E-state index contributed by atoms with van der Waals surface area (Å²) in [7, 11) is 1.73. The Morgan fingerprint density at radius 3 is 2.29 bits per heavy atom. The van der Waals surface area contributed by atoms with Crippen LogP contribution in [0.4, 0.5) is 5.69 Å². The maximum atomic E-state index is 12.7. The molecule has 0 aliphatic heterocycles. The number of amides is 2. The fourth-order valence-electron chi connectivity index (χ4n) is 2.86. The first kappa shape index (κ1) is 19.3. The molecule has 0 radical (unpaired) electrons. The van der Waals surface area contributed by atoms with Crippen LogP contribution in [0.3, 0.4) is 0 Å². The molecule has 0 fully saturated rings. The number of pyridine rings is 1. The molecule has 0 saturated heterocycles. The van der Waals surface area contributed by atoms with E-state index >= 15 is 0 Å². The lowest BCUT2D eigenvalue weighted by molar-refractivity contribution is 0.0784. The molecule has 0 atom stereocenters. The molecule has 28 heavy (non-hydrogen) atoms. The Balaban J connectivity index is 1.69. The summed E-state index contributed by atoms with van der Waals surface area (Å²) < 4.78 is 0. The van der Waals surface area contributed by atoms with Gasteiger partial charge >= 0.3 is 0 Å².